The normalized spacial score (nSPS) is 19.0. The number of ether oxygens (including phenoxy) is 4. The van der Waals surface area contributed by atoms with E-state index in [4.69, 9.17) is 18.9 Å². The van der Waals surface area contributed by atoms with Gasteiger partial charge in [-0.15, -0.1) is 0 Å². The number of Topliss-reactive ketones (excluding diaryl/α,β-unsaturated/α-hetero) is 1. The highest BCUT2D eigenvalue weighted by atomic mass is 16.6. The molecule has 5 rings (SSSR count). The van der Waals surface area contributed by atoms with Gasteiger partial charge in [0.2, 0.25) is 11.8 Å². The molecule has 2 saturated heterocycles. The molecule has 2 fully saturated rings. The van der Waals surface area contributed by atoms with Gasteiger partial charge in [0.1, 0.15) is 30.0 Å². The first kappa shape index (κ1) is 32.6. The summed E-state index contributed by atoms with van der Waals surface area (Å²) in [5.41, 5.74) is 1.45. The van der Waals surface area contributed by atoms with Crippen molar-refractivity contribution in [3.63, 3.8) is 0 Å². The lowest BCUT2D eigenvalue weighted by molar-refractivity contribution is -0.136. The zero-order chi connectivity index (χ0) is 32.5. The lowest BCUT2D eigenvalue weighted by Crippen LogP contribution is -2.61. The van der Waals surface area contributed by atoms with Crippen LogP contribution in [0.25, 0.3) is 0 Å². The van der Waals surface area contributed by atoms with Crippen molar-refractivity contribution in [3.8, 4) is 5.75 Å². The fourth-order valence-electron chi connectivity index (χ4n) is 5.15. The number of carbonyl (C=O) groups is 4. The Labute approximate surface area is 267 Å². The largest absolute Gasteiger partial charge is 0.497 e. The van der Waals surface area contributed by atoms with Gasteiger partial charge in [-0.2, -0.15) is 0 Å². The molecule has 4 atom stereocenters. The topological polar surface area (TPSA) is 145 Å². The lowest BCUT2D eigenvalue weighted by atomic mass is 9.94. The molecular formula is C35H39N3O8. The third-order valence-electron chi connectivity index (χ3n) is 8.15. The van der Waals surface area contributed by atoms with E-state index in [1.165, 1.54) is 0 Å². The predicted molar refractivity (Wildman–Crippen MR) is 168 cm³/mol. The van der Waals surface area contributed by atoms with E-state index in [0.717, 1.165) is 16.7 Å². The molecule has 11 nitrogen and oxygen atoms in total. The average Bonchev–Trinajstić information content (AvgIpc) is 3.81. The Balaban J connectivity index is 1.32. The molecule has 242 valence electrons. The zero-order valence-corrected chi connectivity index (χ0v) is 25.9. The summed E-state index contributed by atoms with van der Waals surface area (Å²) in [4.78, 5) is 53.9. The number of amides is 3. The van der Waals surface area contributed by atoms with Gasteiger partial charge in [-0.25, -0.2) is 4.79 Å². The second kappa shape index (κ2) is 15.0. The molecule has 0 saturated carbocycles. The summed E-state index contributed by atoms with van der Waals surface area (Å²) >= 11 is 0. The number of alkyl carbamates (subject to hydrolysis) is 1. The maximum Gasteiger partial charge on any atom is 0.408 e. The van der Waals surface area contributed by atoms with Crippen molar-refractivity contribution in [3.05, 3.63) is 102 Å². The van der Waals surface area contributed by atoms with Crippen LogP contribution in [0.15, 0.2) is 84.9 Å². The molecule has 46 heavy (non-hydrogen) atoms. The van der Waals surface area contributed by atoms with Gasteiger partial charge in [-0.3, -0.25) is 14.4 Å². The van der Waals surface area contributed by atoms with E-state index in [1.807, 2.05) is 60.7 Å². The van der Waals surface area contributed by atoms with Crippen molar-refractivity contribution < 1.29 is 38.1 Å². The molecule has 3 aromatic rings. The van der Waals surface area contributed by atoms with Crippen LogP contribution in [0, 0.1) is 5.92 Å². The Kier molecular flexibility index (Phi) is 10.7. The van der Waals surface area contributed by atoms with Crippen LogP contribution in [0.5, 0.6) is 5.75 Å². The Hall–Kier alpha value is -4.74. The maximum absolute atomic E-state index is 13.9. The third-order valence-corrected chi connectivity index (χ3v) is 8.15. The van der Waals surface area contributed by atoms with Gasteiger partial charge in [-0.1, -0.05) is 72.8 Å². The van der Waals surface area contributed by atoms with Crippen LogP contribution in [0.2, 0.25) is 0 Å². The molecule has 0 radical (unpaired) electrons. The summed E-state index contributed by atoms with van der Waals surface area (Å²) in [5.74, 6) is -1.02. The molecule has 2 heterocycles. The van der Waals surface area contributed by atoms with Crippen LogP contribution < -0.4 is 20.7 Å². The van der Waals surface area contributed by atoms with Crippen molar-refractivity contribution in [2.75, 3.05) is 26.9 Å². The molecule has 0 spiro atoms. The highest BCUT2D eigenvalue weighted by Crippen LogP contribution is 2.29. The van der Waals surface area contributed by atoms with Crippen molar-refractivity contribution in [2.24, 2.45) is 5.92 Å². The van der Waals surface area contributed by atoms with Gasteiger partial charge in [0.25, 0.3) is 0 Å². The van der Waals surface area contributed by atoms with Gasteiger partial charge in [0.15, 0.2) is 5.78 Å². The second-order valence-electron chi connectivity index (χ2n) is 11.7. The van der Waals surface area contributed by atoms with Crippen LogP contribution in [0.3, 0.4) is 0 Å². The summed E-state index contributed by atoms with van der Waals surface area (Å²) in [6.07, 6.45) is -0.392. The first-order valence-corrected chi connectivity index (χ1v) is 15.2. The smallest absolute Gasteiger partial charge is 0.408 e. The maximum atomic E-state index is 13.9. The van der Waals surface area contributed by atoms with Gasteiger partial charge < -0.3 is 34.9 Å². The molecule has 0 bridgehead atoms. The Bertz CT molecular complexity index is 1490. The van der Waals surface area contributed by atoms with Crippen LogP contribution in [-0.4, -0.2) is 74.3 Å². The number of hydrogen-bond acceptors (Lipinski definition) is 8. The van der Waals surface area contributed by atoms with Crippen LogP contribution >= 0.6 is 0 Å². The van der Waals surface area contributed by atoms with Gasteiger partial charge >= 0.3 is 6.09 Å². The molecule has 0 aromatic heterocycles. The molecular weight excluding hydrogens is 590 g/mol. The minimum absolute atomic E-state index is 0.0319. The average molecular weight is 630 g/mol. The van der Waals surface area contributed by atoms with Gasteiger partial charge in [0.05, 0.1) is 33.0 Å². The summed E-state index contributed by atoms with van der Waals surface area (Å²) in [7, 11) is 1.56. The Morgan fingerprint density at radius 1 is 0.783 bits per heavy atom. The van der Waals surface area contributed by atoms with E-state index >= 15 is 0 Å². The Morgan fingerprint density at radius 2 is 1.35 bits per heavy atom. The fraction of sp³-hybridized carbons (Fsp3) is 0.371. The summed E-state index contributed by atoms with van der Waals surface area (Å²) in [6, 6.07) is 22.7. The van der Waals surface area contributed by atoms with E-state index in [9.17, 15) is 19.2 Å². The van der Waals surface area contributed by atoms with E-state index in [2.05, 4.69) is 16.0 Å². The first-order chi connectivity index (χ1) is 22.2. The molecule has 3 aromatic carbocycles. The van der Waals surface area contributed by atoms with Gasteiger partial charge in [-0.05, 0) is 42.2 Å². The highest BCUT2D eigenvalue weighted by molar-refractivity contribution is 5.98. The molecule has 3 N–H and O–H groups in total. The van der Waals surface area contributed by atoms with E-state index < -0.39 is 41.6 Å². The number of ketones is 1. The number of carbonyl (C=O) groups excluding carboxylic acids is 4. The number of rotatable bonds is 15. The van der Waals surface area contributed by atoms with Crippen molar-refractivity contribution >= 4 is 23.7 Å². The van der Waals surface area contributed by atoms with Crippen molar-refractivity contribution in [2.45, 2.75) is 50.1 Å². The quantitative estimate of drug-likeness (QED) is 0.218. The van der Waals surface area contributed by atoms with Gasteiger partial charge in [0, 0.05) is 12.3 Å². The number of nitrogens with one attached hydrogen (secondary N) is 3. The summed E-state index contributed by atoms with van der Waals surface area (Å²) in [6.45, 7) is 2.53. The number of hydrogen-bond donors (Lipinski definition) is 3. The molecule has 2 aliphatic heterocycles. The lowest BCUT2D eigenvalue weighted by Gasteiger charge is -2.34. The second-order valence-corrected chi connectivity index (χ2v) is 11.7. The number of methoxy groups -OCH3 is 1. The highest BCUT2D eigenvalue weighted by Gasteiger charge is 2.50. The molecule has 2 aliphatic rings. The molecule has 3 amide bonds. The van der Waals surface area contributed by atoms with Crippen molar-refractivity contribution in [1.82, 2.24) is 16.0 Å². The van der Waals surface area contributed by atoms with E-state index in [0.29, 0.717) is 5.75 Å². The Morgan fingerprint density at radius 3 is 1.91 bits per heavy atom. The fourth-order valence-corrected chi connectivity index (χ4v) is 5.15. The monoisotopic (exact) mass is 629 g/mol. The minimum Gasteiger partial charge on any atom is -0.497 e. The van der Waals surface area contributed by atoms with E-state index in [-0.39, 0.29) is 51.0 Å². The minimum atomic E-state index is -1.08. The van der Waals surface area contributed by atoms with Crippen molar-refractivity contribution in [1.29, 1.82) is 0 Å². The molecule has 0 aliphatic carbocycles. The standard InChI is InChI=1S/C35H39N3O8/c1-35(22-46-35)31(39)28(17-23-9-5-3-6-10-23)36-32(40)29(18-24-13-15-27(43-2)16-14-24)37-33(41)30(26-20-44-21-26)38-34(42)45-19-25-11-7-4-8-12-25/h3-16,26,28-30H,17-22H2,1-2H3,(H,36,40)(H,37,41)(H,38,42). The number of epoxide rings is 1. The number of benzene rings is 3. The van der Waals surface area contributed by atoms with Crippen LogP contribution in [0.4, 0.5) is 4.79 Å². The van der Waals surface area contributed by atoms with Crippen LogP contribution in [-0.2, 0) is 48.0 Å². The van der Waals surface area contributed by atoms with E-state index in [1.54, 1.807) is 38.3 Å². The summed E-state index contributed by atoms with van der Waals surface area (Å²) in [5, 5.41) is 8.38. The molecule has 4 unspecified atom stereocenters. The molecule has 11 heteroatoms. The summed E-state index contributed by atoms with van der Waals surface area (Å²) < 4.78 is 21.3. The zero-order valence-electron chi connectivity index (χ0n) is 25.9. The van der Waals surface area contributed by atoms with Crippen LogP contribution in [0.1, 0.15) is 23.6 Å². The first-order valence-electron chi connectivity index (χ1n) is 15.2. The third kappa shape index (κ3) is 8.70. The predicted octanol–water partition coefficient (Wildman–Crippen LogP) is 2.75. The SMILES string of the molecule is COc1ccc(CC(NC(=O)C(NC(=O)OCc2ccccc2)C2COC2)C(=O)NC(Cc2ccccc2)C(=O)C2(C)CO2)cc1.